The van der Waals surface area contributed by atoms with Gasteiger partial charge in [0, 0.05) is 0 Å². The summed E-state index contributed by atoms with van der Waals surface area (Å²) < 4.78 is 32.2. The lowest BCUT2D eigenvalue weighted by Crippen LogP contribution is -2.32. The highest BCUT2D eigenvalue weighted by Crippen LogP contribution is 2.34. The lowest BCUT2D eigenvalue weighted by molar-refractivity contribution is -0.148. The van der Waals surface area contributed by atoms with Crippen molar-refractivity contribution in [2.24, 2.45) is 23.3 Å². The minimum absolute atomic E-state index is 0.242. The van der Waals surface area contributed by atoms with E-state index in [-0.39, 0.29) is 13.1 Å². The molecule has 24 heavy (non-hydrogen) atoms. The Bertz CT molecular complexity index is 386. The Balaban J connectivity index is 4.89. The molecule has 0 saturated carbocycles. The number of ether oxygens (including phenoxy) is 2. The van der Waals surface area contributed by atoms with E-state index < -0.39 is 44.2 Å². The first-order valence-corrected chi connectivity index (χ1v) is 8.97. The van der Waals surface area contributed by atoms with Gasteiger partial charge in [-0.2, -0.15) is 0 Å². The Morgan fingerprint density at radius 3 is 1.46 bits per heavy atom. The third-order valence-corrected chi connectivity index (χ3v) is 4.65. The summed E-state index contributed by atoms with van der Waals surface area (Å²) in [5.41, 5.74) is 11.0. The highest BCUT2D eigenvalue weighted by Gasteiger charge is 2.30. The van der Waals surface area contributed by atoms with Gasteiger partial charge in [-0.1, -0.05) is 0 Å². The summed E-state index contributed by atoms with van der Waals surface area (Å²) in [6, 6.07) is 0. The number of esters is 2. The quantitative estimate of drug-likeness (QED) is 0.371. The molecule has 4 atom stereocenters. The van der Waals surface area contributed by atoms with Crippen LogP contribution in [-0.2, 0) is 32.7 Å². The van der Waals surface area contributed by atoms with Crippen LogP contribution in [0.3, 0.4) is 0 Å². The van der Waals surface area contributed by atoms with Crippen molar-refractivity contribution in [3.05, 3.63) is 0 Å². The number of methoxy groups -OCH3 is 2. The predicted molar refractivity (Wildman–Crippen MR) is 88.5 cm³/mol. The van der Waals surface area contributed by atoms with Crippen LogP contribution in [0, 0.1) is 11.8 Å². The molecular weight excluding hydrogens is 339 g/mol. The van der Waals surface area contributed by atoms with Crippen LogP contribution in [0.1, 0.15) is 26.7 Å². The first-order chi connectivity index (χ1) is 11.3. The van der Waals surface area contributed by atoms with E-state index in [0.29, 0.717) is 12.8 Å². The van der Waals surface area contributed by atoms with E-state index in [0.717, 1.165) is 0 Å². The van der Waals surface area contributed by atoms with Gasteiger partial charge in [0.2, 0.25) is 0 Å². The van der Waals surface area contributed by atoms with E-state index in [1.807, 2.05) is 0 Å². The van der Waals surface area contributed by atoms with Crippen molar-refractivity contribution < 1.29 is 32.7 Å². The summed E-state index contributed by atoms with van der Waals surface area (Å²) in [4.78, 5) is 23.2. The number of hydrogen-bond donors (Lipinski definition) is 2. The van der Waals surface area contributed by atoms with Gasteiger partial charge in [-0.15, -0.1) is 0 Å². The van der Waals surface area contributed by atoms with Crippen molar-refractivity contribution in [2.75, 3.05) is 27.3 Å². The van der Waals surface area contributed by atoms with Gasteiger partial charge in [0.05, 0.1) is 38.3 Å². The minimum Gasteiger partial charge on any atom is -0.469 e. The molecule has 9 nitrogen and oxygen atoms in total. The molecule has 0 aliphatic rings. The molecule has 142 valence electrons. The van der Waals surface area contributed by atoms with Gasteiger partial charge in [-0.05, 0) is 39.8 Å². The normalized spacial score (nSPS) is 17.4. The van der Waals surface area contributed by atoms with Crippen LogP contribution in [-0.4, -0.2) is 51.5 Å². The van der Waals surface area contributed by atoms with E-state index in [1.165, 1.54) is 14.2 Å². The maximum Gasteiger partial charge on any atom is 0.319 e. The Kier molecular flexibility index (Phi) is 11.9. The Morgan fingerprint density at radius 2 is 1.21 bits per heavy atom. The molecule has 0 aromatic rings. The molecule has 0 aromatic heterocycles. The predicted octanol–water partition coefficient (Wildman–Crippen LogP) is 0.462. The summed E-state index contributed by atoms with van der Waals surface area (Å²) in [6.45, 7) is 3.67. The molecule has 0 heterocycles. The molecule has 4 N–H and O–H groups in total. The largest absolute Gasteiger partial charge is 0.469 e. The van der Waals surface area contributed by atoms with Crippen molar-refractivity contribution in [1.82, 2.24) is 0 Å². The molecule has 0 amide bonds. The summed E-state index contributed by atoms with van der Waals surface area (Å²) in [5, 5.41) is 0. The first-order valence-electron chi connectivity index (χ1n) is 7.75. The molecule has 0 aliphatic carbocycles. The average Bonchev–Trinajstić information content (AvgIpc) is 2.58. The van der Waals surface area contributed by atoms with Crippen molar-refractivity contribution in [2.45, 2.75) is 38.9 Å². The highest BCUT2D eigenvalue weighted by molar-refractivity contribution is 7.33. The number of hydrogen-bond acceptors (Lipinski definition) is 9. The van der Waals surface area contributed by atoms with E-state index in [2.05, 4.69) is 9.47 Å². The van der Waals surface area contributed by atoms with Crippen LogP contribution in [0.4, 0.5) is 0 Å². The molecule has 0 aromatic carbocycles. The maximum absolute atomic E-state index is 12.2. The molecule has 0 radical (unpaired) electrons. The third kappa shape index (κ3) is 7.72. The third-order valence-electron chi connectivity index (χ3n) is 3.66. The van der Waals surface area contributed by atoms with Crippen LogP contribution in [0.25, 0.3) is 0 Å². The smallest absolute Gasteiger partial charge is 0.319 e. The number of rotatable bonds is 12. The molecule has 0 fully saturated rings. The van der Waals surface area contributed by atoms with Crippen molar-refractivity contribution in [3.8, 4) is 0 Å². The molecular formula is C14H29N2O7P. The van der Waals surface area contributed by atoms with E-state index >= 15 is 0 Å². The monoisotopic (exact) mass is 368 g/mol. The standard InChI is InChI=1S/C14H29N2O7P/c1-9(13(17)20-3)11(5-7-15)22-24(19)23-12(6-8-16)10(2)14(18)21-4/h9-12,24H,5-8,15-16H2,1-4H3. The summed E-state index contributed by atoms with van der Waals surface area (Å²) in [5.74, 6) is -2.29. The molecule has 4 unspecified atom stereocenters. The Labute approximate surface area is 143 Å². The molecule has 0 saturated heterocycles. The van der Waals surface area contributed by atoms with E-state index in [1.54, 1.807) is 13.8 Å². The molecule has 0 spiro atoms. The number of carbonyl (C=O) groups is 2. The Hall–Kier alpha value is -0.990. The van der Waals surface area contributed by atoms with Crippen molar-refractivity contribution in [1.29, 1.82) is 0 Å². The van der Waals surface area contributed by atoms with Crippen LogP contribution in [0.2, 0.25) is 0 Å². The summed E-state index contributed by atoms with van der Waals surface area (Å²) in [7, 11) is -0.465. The van der Waals surface area contributed by atoms with Crippen LogP contribution in [0.15, 0.2) is 0 Å². The van der Waals surface area contributed by atoms with Gasteiger partial charge in [-0.25, -0.2) is 0 Å². The van der Waals surface area contributed by atoms with E-state index in [9.17, 15) is 14.2 Å². The average molecular weight is 368 g/mol. The zero-order valence-electron chi connectivity index (χ0n) is 14.7. The van der Waals surface area contributed by atoms with Crippen LogP contribution >= 0.6 is 8.25 Å². The fraction of sp³-hybridized carbons (Fsp3) is 0.857. The zero-order chi connectivity index (χ0) is 18.7. The van der Waals surface area contributed by atoms with Gasteiger partial charge < -0.3 is 30.0 Å². The van der Waals surface area contributed by atoms with Crippen LogP contribution < -0.4 is 11.5 Å². The second-order valence-corrected chi connectivity index (χ2v) is 6.31. The van der Waals surface area contributed by atoms with Gasteiger partial charge >= 0.3 is 20.2 Å². The Morgan fingerprint density at radius 1 is 0.875 bits per heavy atom. The SMILES string of the molecule is COC(=O)C(C)C(CCN)O[PH](=O)OC(CCN)C(C)C(=O)OC. The van der Waals surface area contributed by atoms with E-state index in [4.69, 9.17) is 20.5 Å². The van der Waals surface area contributed by atoms with Gasteiger partial charge in [-0.3, -0.25) is 14.2 Å². The lowest BCUT2D eigenvalue weighted by atomic mass is 10.0. The summed E-state index contributed by atoms with van der Waals surface area (Å²) in [6.07, 6.45) is -0.796. The van der Waals surface area contributed by atoms with Crippen LogP contribution in [0.5, 0.6) is 0 Å². The highest BCUT2D eigenvalue weighted by atomic mass is 31.1. The number of carbonyl (C=O) groups excluding carboxylic acids is 2. The molecule has 0 rings (SSSR count). The second-order valence-electron chi connectivity index (χ2n) is 5.34. The summed E-state index contributed by atoms with van der Waals surface area (Å²) >= 11 is 0. The first kappa shape index (κ1) is 23.0. The fourth-order valence-electron chi connectivity index (χ4n) is 2.10. The lowest BCUT2D eigenvalue weighted by Gasteiger charge is -2.25. The van der Waals surface area contributed by atoms with Crippen molar-refractivity contribution in [3.63, 3.8) is 0 Å². The molecule has 0 bridgehead atoms. The molecule has 10 heteroatoms. The minimum atomic E-state index is -2.98. The maximum atomic E-state index is 12.2. The zero-order valence-corrected chi connectivity index (χ0v) is 15.7. The molecule has 0 aliphatic heterocycles. The van der Waals surface area contributed by atoms with Gasteiger partial charge in [0.1, 0.15) is 0 Å². The van der Waals surface area contributed by atoms with Crippen molar-refractivity contribution >= 4 is 20.2 Å². The number of nitrogens with two attached hydrogens (primary N) is 2. The topological polar surface area (TPSA) is 140 Å². The van der Waals surface area contributed by atoms with Gasteiger partial charge in [0.25, 0.3) is 0 Å². The fourth-order valence-corrected chi connectivity index (χ4v) is 3.29. The second kappa shape index (κ2) is 12.4. The van der Waals surface area contributed by atoms with Gasteiger partial charge in [0.15, 0.2) is 0 Å².